The summed E-state index contributed by atoms with van der Waals surface area (Å²) in [6.07, 6.45) is -2.20. The fraction of sp³-hybridized carbons (Fsp3) is 0.600. The van der Waals surface area contributed by atoms with Crippen molar-refractivity contribution in [3.63, 3.8) is 0 Å². The van der Waals surface area contributed by atoms with Gasteiger partial charge in [0.1, 0.15) is 18.3 Å². The average molecular weight is 332 g/mol. The molecule has 1 heterocycles. The molecule has 1 fully saturated rings. The summed E-state index contributed by atoms with van der Waals surface area (Å²) in [4.78, 5) is 23.7. The minimum Gasteiger partial charge on any atom is -0.508 e. The Hall–Kier alpha value is -1.99. The summed E-state index contributed by atoms with van der Waals surface area (Å²) in [6, 6.07) is 0.302. The quantitative estimate of drug-likeness (QED) is 0.887. The highest BCUT2D eigenvalue weighted by atomic mass is 19.4. The van der Waals surface area contributed by atoms with Crippen LogP contribution in [0.15, 0.2) is 16.9 Å². The Labute approximate surface area is 131 Å². The Morgan fingerprint density at radius 1 is 1.39 bits per heavy atom. The maximum Gasteiger partial charge on any atom is 0.408 e. The van der Waals surface area contributed by atoms with E-state index in [-0.39, 0.29) is 5.75 Å². The van der Waals surface area contributed by atoms with Crippen LogP contribution in [-0.4, -0.2) is 27.8 Å². The van der Waals surface area contributed by atoms with Gasteiger partial charge in [-0.25, -0.2) is 0 Å². The summed E-state index contributed by atoms with van der Waals surface area (Å²) in [6.45, 7) is 0.983. The molecule has 0 unspecified atom stereocenters. The Kier molecular flexibility index (Phi) is 5.01. The third-order valence-corrected chi connectivity index (χ3v) is 4.16. The van der Waals surface area contributed by atoms with Crippen molar-refractivity contribution in [2.75, 3.05) is 0 Å². The Balaban J connectivity index is 2.12. The second kappa shape index (κ2) is 6.64. The molecule has 0 saturated heterocycles. The smallest absolute Gasteiger partial charge is 0.408 e. The summed E-state index contributed by atoms with van der Waals surface area (Å²) >= 11 is 0. The predicted octanol–water partition coefficient (Wildman–Crippen LogP) is 2.10. The van der Waals surface area contributed by atoms with Crippen molar-refractivity contribution < 1.29 is 23.1 Å². The molecule has 1 amide bonds. The van der Waals surface area contributed by atoms with Gasteiger partial charge in [0.15, 0.2) is 0 Å². The molecule has 1 saturated carbocycles. The van der Waals surface area contributed by atoms with Gasteiger partial charge in [-0.3, -0.25) is 9.59 Å². The van der Waals surface area contributed by atoms with Crippen LogP contribution in [0.2, 0.25) is 0 Å². The lowest BCUT2D eigenvalue weighted by Crippen LogP contribution is -2.50. The van der Waals surface area contributed by atoms with Crippen LogP contribution in [0.4, 0.5) is 13.2 Å². The van der Waals surface area contributed by atoms with Gasteiger partial charge in [-0.2, -0.15) is 13.2 Å². The van der Waals surface area contributed by atoms with E-state index in [4.69, 9.17) is 0 Å². The molecule has 0 bridgehead atoms. The number of amides is 1. The number of hydrogen-bond donors (Lipinski definition) is 2. The number of carbonyl (C=O) groups excluding carboxylic acids is 1. The van der Waals surface area contributed by atoms with Crippen LogP contribution in [0.3, 0.4) is 0 Å². The minimum atomic E-state index is -4.51. The number of aromatic nitrogens is 1. The van der Waals surface area contributed by atoms with Gasteiger partial charge in [0, 0.05) is 11.8 Å². The number of alkyl halides is 3. The highest BCUT2D eigenvalue weighted by Crippen LogP contribution is 2.35. The lowest BCUT2D eigenvalue weighted by atomic mass is 9.97. The second-order valence-electron chi connectivity index (χ2n) is 5.91. The van der Waals surface area contributed by atoms with E-state index in [0.29, 0.717) is 18.5 Å². The number of halogens is 3. The van der Waals surface area contributed by atoms with Crippen molar-refractivity contribution in [2.45, 2.75) is 51.4 Å². The Bertz CT molecular complexity index is 634. The van der Waals surface area contributed by atoms with E-state index in [2.05, 4.69) is 0 Å². The summed E-state index contributed by atoms with van der Waals surface area (Å²) in [5.41, 5.74) is -0.336. The third-order valence-electron chi connectivity index (χ3n) is 4.16. The minimum absolute atomic E-state index is 0.247. The molecular formula is C15H19F3N2O3. The summed E-state index contributed by atoms with van der Waals surface area (Å²) in [5.74, 6) is -1.73. The Morgan fingerprint density at radius 3 is 2.52 bits per heavy atom. The van der Waals surface area contributed by atoms with Crippen molar-refractivity contribution in [1.82, 2.24) is 9.88 Å². The number of aryl methyl sites for hydroxylation is 1. The molecule has 1 aliphatic carbocycles. The number of nitrogens with zero attached hydrogens (tertiary/aromatic N) is 1. The SMILES string of the molecule is Cc1cc(O)cc(=O)n1CC(=O)N[C@H](C1CCCC1)C(F)(F)F. The van der Waals surface area contributed by atoms with E-state index >= 15 is 0 Å². The number of nitrogens with one attached hydrogen (secondary N) is 1. The van der Waals surface area contributed by atoms with Gasteiger partial charge < -0.3 is 15.0 Å². The molecule has 128 valence electrons. The average Bonchev–Trinajstić information content (AvgIpc) is 2.92. The number of aromatic hydroxyl groups is 1. The van der Waals surface area contributed by atoms with Crippen LogP contribution in [-0.2, 0) is 11.3 Å². The van der Waals surface area contributed by atoms with Gasteiger partial charge in [-0.1, -0.05) is 12.8 Å². The zero-order chi connectivity index (χ0) is 17.2. The molecule has 2 N–H and O–H groups in total. The zero-order valence-electron chi connectivity index (χ0n) is 12.7. The molecule has 0 spiro atoms. The highest BCUT2D eigenvalue weighted by molar-refractivity contribution is 5.76. The van der Waals surface area contributed by atoms with Crippen molar-refractivity contribution in [3.8, 4) is 5.75 Å². The van der Waals surface area contributed by atoms with E-state index in [9.17, 15) is 27.9 Å². The van der Waals surface area contributed by atoms with E-state index in [1.54, 1.807) is 0 Å². The topological polar surface area (TPSA) is 71.3 Å². The van der Waals surface area contributed by atoms with Crippen LogP contribution >= 0.6 is 0 Å². The van der Waals surface area contributed by atoms with Gasteiger partial charge in [-0.15, -0.1) is 0 Å². The van der Waals surface area contributed by atoms with Gasteiger partial charge in [-0.05, 0) is 31.7 Å². The van der Waals surface area contributed by atoms with E-state index in [1.807, 2.05) is 5.32 Å². The molecule has 1 aromatic rings. The van der Waals surface area contributed by atoms with Gasteiger partial charge >= 0.3 is 6.18 Å². The third kappa shape index (κ3) is 4.27. The molecule has 0 aliphatic heterocycles. The summed E-state index contributed by atoms with van der Waals surface area (Å²) in [5, 5.41) is 11.3. The predicted molar refractivity (Wildman–Crippen MR) is 77.0 cm³/mol. The molecule has 8 heteroatoms. The molecule has 0 aromatic carbocycles. The summed E-state index contributed by atoms with van der Waals surface area (Å²) < 4.78 is 40.5. The van der Waals surface area contributed by atoms with Crippen LogP contribution < -0.4 is 10.9 Å². The van der Waals surface area contributed by atoms with E-state index in [1.165, 1.54) is 13.0 Å². The van der Waals surface area contributed by atoms with Crippen LogP contribution in [0.1, 0.15) is 31.4 Å². The molecular weight excluding hydrogens is 313 g/mol. The number of carbonyl (C=O) groups is 1. The van der Waals surface area contributed by atoms with E-state index in [0.717, 1.165) is 23.5 Å². The van der Waals surface area contributed by atoms with Crippen molar-refractivity contribution in [2.24, 2.45) is 5.92 Å². The number of rotatable bonds is 4. The Morgan fingerprint density at radius 2 is 2.00 bits per heavy atom. The first-order valence-corrected chi connectivity index (χ1v) is 7.45. The standard InChI is InChI=1S/C15H19F3N2O3/c1-9-6-11(21)7-13(23)20(9)8-12(22)19-14(15(16,17)18)10-4-2-3-5-10/h6-7,10,14,21H,2-5,8H2,1H3,(H,19,22)/t14-/m1/s1. The zero-order valence-corrected chi connectivity index (χ0v) is 12.7. The second-order valence-corrected chi connectivity index (χ2v) is 5.91. The lowest BCUT2D eigenvalue weighted by Gasteiger charge is -2.27. The molecule has 1 aliphatic rings. The van der Waals surface area contributed by atoms with E-state index < -0.39 is 36.1 Å². The highest BCUT2D eigenvalue weighted by Gasteiger charge is 2.46. The first-order valence-electron chi connectivity index (χ1n) is 7.45. The normalized spacial score (nSPS) is 17.2. The monoisotopic (exact) mass is 332 g/mol. The number of hydrogen-bond acceptors (Lipinski definition) is 3. The largest absolute Gasteiger partial charge is 0.508 e. The van der Waals surface area contributed by atoms with Crippen LogP contribution in [0, 0.1) is 12.8 Å². The molecule has 5 nitrogen and oxygen atoms in total. The first-order chi connectivity index (χ1) is 10.7. The van der Waals surface area contributed by atoms with Gasteiger partial charge in [0.05, 0.1) is 0 Å². The maximum atomic E-state index is 13.2. The van der Waals surface area contributed by atoms with Crippen molar-refractivity contribution >= 4 is 5.91 Å². The van der Waals surface area contributed by atoms with Crippen molar-refractivity contribution in [1.29, 1.82) is 0 Å². The molecule has 1 atom stereocenters. The lowest BCUT2D eigenvalue weighted by molar-refractivity contribution is -0.172. The molecule has 1 aromatic heterocycles. The van der Waals surface area contributed by atoms with Crippen molar-refractivity contribution in [3.05, 3.63) is 28.2 Å². The molecule has 0 radical (unpaired) electrons. The summed E-state index contributed by atoms with van der Waals surface area (Å²) in [7, 11) is 0. The fourth-order valence-electron chi connectivity index (χ4n) is 3.03. The fourth-order valence-corrected chi connectivity index (χ4v) is 3.03. The molecule has 23 heavy (non-hydrogen) atoms. The maximum absolute atomic E-state index is 13.2. The molecule has 2 rings (SSSR count). The first kappa shape index (κ1) is 17.4. The van der Waals surface area contributed by atoms with Crippen LogP contribution in [0.5, 0.6) is 5.75 Å². The number of pyridine rings is 1. The van der Waals surface area contributed by atoms with Gasteiger partial charge in [0.25, 0.3) is 5.56 Å². The van der Waals surface area contributed by atoms with Crippen LogP contribution in [0.25, 0.3) is 0 Å². The van der Waals surface area contributed by atoms with Gasteiger partial charge in [0.2, 0.25) is 5.91 Å².